The highest BCUT2D eigenvalue weighted by molar-refractivity contribution is 7.89. The number of sulfonamides is 1. The van der Waals surface area contributed by atoms with Crippen molar-refractivity contribution in [3.63, 3.8) is 0 Å². The van der Waals surface area contributed by atoms with Gasteiger partial charge in [0.05, 0.1) is 11.5 Å². The fourth-order valence-corrected chi connectivity index (χ4v) is 3.77. The SMILES string of the molecule is COCCNS(=O)(=O)c1cccc(C(=O)NCCCN2CCNCC2)c1.Cl. The van der Waals surface area contributed by atoms with E-state index in [1.807, 2.05) is 0 Å². The Morgan fingerprint density at radius 3 is 2.70 bits per heavy atom. The molecule has 10 heteroatoms. The van der Waals surface area contributed by atoms with Gasteiger partial charge < -0.3 is 20.3 Å². The van der Waals surface area contributed by atoms with Gasteiger partial charge >= 0.3 is 0 Å². The number of piperazine rings is 1. The molecule has 0 spiro atoms. The number of nitrogens with one attached hydrogen (secondary N) is 3. The second-order valence-electron chi connectivity index (χ2n) is 6.12. The topological polar surface area (TPSA) is 99.8 Å². The molecule has 0 saturated carbocycles. The van der Waals surface area contributed by atoms with E-state index in [2.05, 4.69) is 20.3 Å². The maximum Gasteiger partial charge on any atom is 0.251 e. The van der Waals surface area contributed by atoms with E-state index in [1.165, 1.54) is 19.2 Å². The van der Waals surface area contributed by atoms with E-state index in [0.717, 1.165) is 39.1 Å². The van der Waals surface area contributed by atoms with Crippen LogP contribution < -0.4 is 15.4 Å². The minimum Gasteiger partial charge on any atom is -0.383 e. The number of methoxy groups -OCH3 is 1. The van der Waals surface area contributed by atoms with Crippen LogP contribution in [-0.4, -0.2) is 78.8 Å². The van der Waals surface area contributed by atoms with Crippen molar-refractivity contribution >= 4 is 28.3 Å². The molecule has 0 bridgehead atoms. The number of halogens is 1. The largest absolute Gasteiger partial charge is 0.383 e. The average molecular weight is 421 g/mol. The van der Waals surface area contributed by atoms with E-state index in [0.29, 0.717) is 12.1 Å². The van der Waals surface area contributed by atoms with Gasteiger partial charge in [-0.25, -0.2) is 13.1 Å². The molecule has 1 heterocycles. The van der Waals surface area contributed by atoms with Crippen LogP contribution in [0.15, 0.2) is 29.2 Å². The van der Waals surface area contributed by atoms with Crippen molar-refractivity contribution in [2.75, 3.05) is 59.5 Å². The Hall–Kier alpha value is -1.23. The molecule has 1 fully saturated rings. The Labute approximate surface area is 167 Å². The molecule has 1 amide bonds. The molecular formula is C17H29ClN4O4S. The number of benzene rings is 1. The van der Waals surface area contributed by atoms with Gasteiger partial charge in [-0.15, -0.1) is 12.4 Å². The summed E-state index contributed by atoms with van der Waals surface area (Å²) in [7, 11) is -2.15. The standard InChI is InChI=1S/C17H28N4O4S.ClH/c1-25-13-9-20-26(23,24)16-5-2-4-15(14-16)17(22)19-6-3-10-21-11-7-18-8-12-21;/h2,4-5,14,18,20H,3,6-13H2,1H3,(H,19,22);1H. The molecule has 1 aliphatic heterocycles. The molecular weight excluding hydrogens is 392 g/mol. The fourth-order valence-electron chi connectivity index (χ4n) is 2.71. The summed E-state index contributed by atoms with van der Waals surface area (Å²) in [6.07, 6.45) is 0.863. The Kier molecular flexibility index (Phi) is 10.8. The lowest BCUT2D eigenvalue weighted by molar-refractivity contribution is 0.0951. The van der Waals surface area contributed by atoms with Gasteiger partial charge in [0.25, 0.3) is 5.91 Å². The zero-order valence-electron chi connectivity index (χ0n) is 15.6. The lowest BCUT2D eigenvalue weighted by Crippen LogP contribution is -2.44. The molecule has 154 valence electrons. The molecule has 0 unspecified atom stereocenters. The summed E-state index contributed by atoms with van der Waals surface area (Å²) in [6.45, 7) is 6.05. The fraction of sp³-hybridized carbons (Fsp3) is 0.588. The Bertz CT molecular complexity index is 681. The van der Waals surface area contributed by atoms with Crippen molar-refractivity contribution in [1.82, 2.24) is 20.3 Å². The van der Waals surface area contributed by atoms with E-state index in [4.69, 9.17) is 4.74 Å². The molecule has 1 aromatic carbocycles. The molecule has 2 rings (SSSR count). The van der Waals surface area contributed by atoms with Crippen LogP contribution >= 0.6 is 12.4 Å². The maximum absolute atomic E-state index is 12.3. The number of rotatable bonds is 10. The second-order valence-corrected chi connectivity index (χ2v) is 7.89. The normalized spacial score (nSPS) is 15.1. The highest BCUT2D eigenvalue weighted by Gasteiger charge is 2.16. The number of carbonyl (C=O) groups excluding carboxylic acids is 1. The van der Waals surface area contributed by atoms with Crippen LogP contribution in [0.25, 0.3) is 0 Å². The van der Waals surface area contributed by atoms with E-state index < -0.39 is 10.0 Å². The Balaban J connectivity index is 0.00000364. The van der Waals surface area contributed by atoms with Crippen LogP contribution in [0.3, 0.4) is 0 Å². The smallest absolute Gasteiger partial charge is 0.251 e. The molecule has 0 radical (unpaired) electrons. The quantitative estimate of drug-likeness (QED) is 0.463. The van der Waals surface area contributed by atoms with Crippen molar-refractivity contribution in [2.24, 2.45) is 0 Å². The van der Waals surface area contributed by atoms with Gasteiger partial charge in [-0.3, -0.25) is 4.79 Å². The van der Waals surface area contributed by atoms with Crippen molar-refractivity contribution in [3.8, 4) is 0 Å². The summed E-state index contributed by atoms with van der Waals surface area (Å²) in [6, 6.07) is 6.04. The van der Waals surface area contributed by atoms with Gasteiger partial charge in [0.1, 0.15) is 0 Å². The third kappa shape index (κ3) is 8.12. The van der Waals surface area contributed by atoms with Crippen molar-refractivity contribution in [3.05, 3.63) is 29.8 Å². The molecule has 8 nitrogen and oxygen atoms in total. The summed E-state index contributed by atoms with van der Waals surface area (Å²) >= 11 is 0. The number of amides is 1. The van der Waals surface area contributed by atoms with Gasteiger partial charge in [0.2, 0.25) is 10.0 Å². The summed E-state index contributed by atoms with van der Waals surface area (Å²) in [5.74, 6) is -0.265. The summed E-state index contributed by atoms with van der Waals surface area (Å²) in [5, 5.41) is 6.16. The second kappa shape index (κ2) is 12.3. The average Bonchev–Trinajstić information content (AvgIpc) is 2.66. The molecule has 1 aromatic rings. The lowest BCUT2D eigenvalue weighted by atomic mass is 10.2. The monoisotopic (exact) mass is 420 g/mol. The Morgan fingerprint density at radius 2 is 2.00 bits per heavy atom. The lowest BCUT2D eigenvalue weighted by Gasteiger charge is -2.27. The highest BCUT2D eigenvalue weighted by atomic mass is 35.5. The van der Waals surface area contributed by atoms with Crippen LogP contribution in [0.5, 0.6) is 0 Å². The number of nitrogens with zero attached hydrogens (tertiary/aromatic N) is 1. The van der Waals surface area contributed by atoms with Crippen LogP contribution in [0.2, 0.25) is 0 Å². The zero-order valence-corrected chi connectivity index (χ0v) is 17.2. The van der Waals surface area contributed by atoms with Crippen molar-refractivity contribution in [2.45, 2.75) is 11.3 Å². The first-order valence-electron chi connectivity index (χ1n) is 8.83. The number of carbonyl (C=O) groups is 1. The molecule has 1 saturated heterocycles. The molecule has 27 heavy (non-hydrogen) atoms. The van der Waals surface area contributed by atoms with Gasteiger partial charge in [-0.2, -0.15) is 0 Å². The van der Waals surface area contributed by atoms with Gasteiger partial charge in [0.15, 0.2) is 0 Å². The maximum atomic E-state index is 12.3. The van der Waals surface area contributed by atoms with Crippen LogP contribution in [0.1, 0.15) is 16.8 Å². The minimum absolute atomic E-state index is 0. The van der Waals surface area contributed by atoms with Gasteiger partial charge in [-0.1, -0.05) is 6.07 Å². The van der Waals surface area contributed by atoms with E-state index >= 15 is 0 Å². The molecule has 0 aromatic heterocycles. The third-order valence-electron chi connectivity index (χ3n) is 4.15. The van der Waals surface area contributed by atoms with E-state index in [1.54, 1.807) is 12.1 Å². The van der Waals surface area contributed by atoms with Crippen molar-refractivity contribution < 1.29 is 17.9 Å². The van der Waals surface area contributed by atoms with Crippen LogP contribution in [0.4, 0.5) is 0 Å². The first-order valence-corrected chi connectivity index (χ1v) is 10.3. The van der Waals surface area contributed by atoms with E-state index in [9.17, 15) is 13.2 Å². The molecule has 0 atom stereocenters. The zero-order chi connectivity index (χ0) is 18.8. The van der Waals surface area contributed by atoms with Gasteiger partial charge in [-0.05, 0) is 31.2 Å². The predicted octanol–water partition coefficient (Wildman–Crippen LogP) is 0.0582. The first kappa shape index (κ1) is 23.8. The summed E-state index contributed by atoms with van der Waals surface area (Å²) in [4.78, 5) is 14.7. The van der Waals surface area contributed by atoms with Crippen LogP contribution in [-0.2, 0) is 14.8 Å². The highest BCUT2D eigenvalue weighted by Crippen LogP contribution is 2.11. The molecule has 1 aliphatic rings. The van der Waals surface area contributed by atoms with Crippen molar-refractivity contribution in [1.29, 1.82) is 0 Å². The third-order valence-corrected chi connectivity index (χ3v) is 5.61. The number of ether oxygens (including phenoxy) is 1. The summed E-state index contributed by atoms with van der Waals surface area (Å²) in [5.41, 5.74) is 0.335. The van der Waals surface area contributed by atoms with Gasteiger partial charge in [0, 0.05) is 51.9 Å². The van der Waals surface area contributed by atoms with Crippen LogP contribution in [0, 0.1) is 0 Å². The number of hydrogen-bond acceptors (Lipinski definition) is 6. The van der Waals surface area contributed by atoms with E-state index in [-0.39, 0.29) is 36.4 Å². The predicted molar refractivity (Wildman–Crippen MR) is 107 cm³/mol. The minimum atomic E-state index is -3.65. The molecule has 3 N–H and O–H groups in total. The molecule has 0 aliphatic carbocycles. The number of hydrogen-bond donors (Lipinski definition) is 3. The summed E-state index contributed by atoms with van der Waals surface area (Å²) < 4.78 is 31.7. The first-order chi connectivity index (χ1) is 12.5. The Morgan fingerprint density at radius 1 is 1.26 bits per heavy atom.